The SMILES string of the molecule is Cn1ncc2c1CCC[C@H]2NC(=O)C1(Cc2ccccc2)CCC1. The Kier molecular flexibility index (Phi) is 3.91. The lowest BCUT2D eigenvalue weighted by atomic mass is 9.64. The molecule has 2 aliphatic rings. The molecule has 0 bridgehead atoms. The highest BCUT2D eigenvalue weighted by Crippen LogP contribution is 2.45. The molecule has 4 nitrogen and oxygen atoms in total. The molecular weight excluding hydrogens is 298 g/mol. The molecule has 0 spiro atoms. The van der Waals surface area contributed by atoms with Crippen molar-refractivity contribution in [3.63, 3.8) is 0 Å². The van der Waals surface area contributed by atoms with E-state index in [0.717, 1.165) is 44.9 Å². The minimum absolute atomic E-state index is 0.128. The van der Waals surface area contributed by atoms with Gasteiger partial charge in [-0.2, -0.15) is 5.10 Å². The van der Waals surface area contributed by atoms with E-state index >= 15 is 0 Å². The number of nitrogens with zero attached hydrogens (tertiary/aromatic N) is 2. The van der Waals surface area contributed by atoms with Gasteiger partial charge in [-0.25, -0.2) is 0 Å². The maximum absolute atomic E-state index is 13.1. The molecule has 1 aromatic carbocycles. The third-order valence-electron chi connectivity index (χ3n) is 5.86. The van der Waals surface area contributed by atoms with E-state index in [4.69, 9.17) is 0 Å². The van der Waals surface area contributed by atoms with Crippen molar-refractivity contribution < 1.29 is 4.79 Å². The van der Waals surface area contributed by atoms with Crippen molar-refractivity contribution in [1.82, 2.24) is 15.1 Å². The first-order valence-corrected chi connectivity index (χ1v) is 9.04. The summed E-state index contributed by atoms with van der Waals surface area (Å²) in [5.74, 6) is 0.235. The fourth-order valence-electron chi connectivity index (χ4n) is 4.24. The van der Waals surface area contributed by atoms with Crippen molar-refractivity contribution in [1.29, 1.82) is 0 Å². The Morgan fingerprint density at radius 3 is 2.79 bits per heavy atom. The molecule has 126 valence electrons. The van der Waals surface area contributed by atoms with Gasteiger partial charge in [-0.05, 0) is 44.1 Å². The molecule has 1 atom stereocenters. The number of aryl methyl sites for hydroxylation is 1. The molecule has 2 aromatic rings. The number of hydrogen-bond donors (Lipinski definition) is 1. The molecule has 1 N–H and O–H groups in total. The quantitative estimate of drug-likeness (QED) is 0.938. The summed E-state index contributed by atoms with van der Waals surface area (Å²) in [5.41, 5.74) is 3.54. The zero-order valence-electron chi connectivity index (χ0n) is 14.3. The molecule has 1 amide bonds. The Labute approximate surface area is 143 Å². The Morgan fingerprint density at radius 2 is 2.08 bits per heavy atom. The van der Waals surface area contributed by atoms with Gasteiger partial charge in [0.05, 0.1) is 17.7 Å². The monoisotopic (exact) mass is 323 g/mol. The lowest BCUT2D eigenvalue weighted by Crippen LogP contribution is -2.48. The zero-order valence-corrected chi connectivity index (χ0v) is 14.3. The van der Waals surface area contributed by atoms with E-state index in [1.165, 1.54) is 16.8 Å². The summed E-state index contributed by atoms with van der Waals surface area (Å²) in [6, 6.07) is 10.5. The standard InChI is InChI=1S/C20H25N3O/c1-23-18-10-5-9-17(16(18)14-21-23)22-19(24)20(11-6-12-20)13-15-7-3-2-4-8-15/h2-4,7-8,14,17H,5-6,9-13H2,1H3,(H,22,24)/t17-/m1/s1. The van der Waals surface area contributed by atoms with Crippen LogP contribution in [0.25, 0.3) is 0 Å². The van der Waals surface area contributed by atoms with E-state index in [1.807, 2.05) is 24.0 Å². The van der Waals surface area contributed by atoms with E-state index in [2.05, 4.69) is 34.7 Å². The topological polar surface area (TPSA) is 46.9 Å². The lowest BCUT2D eigenvalue weighted by Gasteiger charge is -2.41. The van der Waals surface area contributed by atoms with Crippen LogP contribution in [0.3, 0.4) is 0 Å². The van der Waals surface area contributed by atoms with Crippen molar-refractivity contribution in [2.45, 2.75) is 51.0 Å². The highest BCUT2D eigenvalue weighted by Gasteiger charge is 2.44. The van der Waals surface area contributed by atoms with E-state index in [0.29, 0.717) is 0 Å². The average Bonchev–Trinajstić information content (AvgIpc) is 2.94. The van der Waals surface area contributed by atoms with Gasteiger partial charge >= 0.3 is 0 Å². The minimum atomic E-state index is -0.207. The Hall–Kier alpha value is -2.10. The number of rotatable bonds is 4. The van der Waals surface area contributed by atoms with Gasteiger partial charge in [0.25, 0.3) is 0 Å². The molecular formula is C20H25N3O. The summed E-state index contributed by atoms with van der Waals surface area (Å²) < 4.78 is 1.96. The first-order chi connectivity index (χ1) is 11.7. The molecule has 4 heteroatoms. The van der Waals surface area contributed by atoms with Crippen LogP contribution in [0.5, 0.6) is 0 Å². The largest absolute Gasteiger partial charge is 0.349 e. The summed E-state index contributed by atoms with van der Waals surface area (Å²) >= 11 is 0. The van der Waals surface area contributed by atoms with Crippen molar-refractivity contribution >= 4 is 5.91 Å². The third kappa shape index (κ3) is 2.64. The maximum Gasteiger partial charge on any atom is 0.227 e. The van der Waals surface area contributed by atoms with Gasteiger partial charge in [0.2, 0.25) is 5.91 Å². The van der Waals surface area contributed by atoms with Crippen LogP contribution in [-0.2, 0) is 24.7 Å². The Morgan fingerprint density at radius 1 is 1.29 bits per heavy atom. The summed E-state index contributed by atoms with van der Waals surface area (Å²) in [5, 5.41) is 7.74. The van der Waals surface area contributed by atoms with Crippen LogP contribution in [0.2, 0.25) is 0 Å². The van der Waals surface area contributed by atoms with Crippen LogP contribution in [0.4, 0.5) is 0 Å². The van der Waals surface area contributed by atoms with Gasteiger partial charge in [0, 0.05) is 18.3 Å². The summed E-state index contributed by atoms with van der Waals surface area (Å²) in [6.45, 7) is 0. The van der Waals surface area contributed by atoms with Crippen LogP contribution in [0, 0.1) is 5.41 Å². The fraction of sp³-hybridized carbons (Fsp3) is 0.500. The van der Waals surface area contributed by atoms with E-state index in [1.54, 1.807) is 0 Å². The number of aromatic nitrogens is 2. The molecule has 4 rings (SSSR count). The molecule has 0 saturated heterocycles. The normalized spacial score (nSPS) is 21.6. The van der Waals surface area contributed by atoms with Crippen molar-refractivity contribution in [3.05, 3.63) is 53.3 Å². The van der Waals surface area contributed by atoms with E-state index in [-0.39, 0.29) is 17.4 Å². The Balaban J connectivity index is 1.51. The minimum Gasteiger partial charge on any atom is -0.349 e. The predicted octanol–water partition coefficient (Wildman–Crippen LogP) is 3.33. The molecule has 1 aromatic heterocycles. The van der Waals surface area contributed by atoms with Crippen molar-refractivity contribution in [2.75, 3.05) is 0 Å². The first kappa shape index (κ1) is 15.4. The molecule has 2 aliphatic carbocycles. The molecule has 24 heavy (non-hydrogen) atoms. The number of carbonyl (C=O) groups is 1. The molecule has 1 fully saturated rings. The highest BCUT2D eigenvalue weighted by molar-refractivity contribution is 5.84. The molecule has 0 radical (unpaired) electrons. The number of amides is 1. The van der Waals surface area contributed by atoms with Gasteiger partial charge in [0.1, 0.15) is 0 Å². The van der Waals surface area contributed by atoms with E-state index in [9.17, 15) is 4.79 Å². The van der Waals surface area contributed by atoms with Crippen LogP contribution < -0.4 is 5.32 Å². The second-order valence-electron chi connectivity index (χ2n) is 7.38. The summed E-state index contributed by atoms with van der Waals surface area (Å²) in [6.07, 6.45) is 9.14. The predicted molar refractivity (Wildman–Crippen MR) is 93.5 cm³/mol. The van der Waals surface area contributed by atoms with Gasteiger partial charge in [-0.3, -0.25) is 9.48 Å². The number of fused-ring (bicyclic) bond motifs is 1. The highest BCUT2D eigenvalue weighted by atomic mass is 16.2. The number of hydrogen-bond acceptors (Lipinski definition) is 2. The molecule has 1 heterocycles. The lowest BCUT2D eigenvalue weighted by molar-refractivity contribution is -0.136. The van der Waals surface area contributed by atoms with Crippen molar-refractivity contribution in [2.24, 2.45) is 12.5 Å². The van der Waals surface area contributed by atoms with Crippen LogP contribution in [0.1, 0.15) is 55.0 Å². The molecule has 0 unspecified atom stereocenters. The van der Waals surface area contributed by atoms with Crippen LogP contribution >= 0.6 is 0 Å². The van der Waals surface area contributed by atoms with Gasteiger partial charge in [-0.15, -0.1) is 0 Å². The van der Waals surface area contributed by atoms with Gasteiger partial charge in [0.15, 0.2) is 0 Å². The fourth-order valence-corrected chi connectivity index (χ4v) is 4.24. The Bertz CT molecular complexity index is 731. The summed E-state index contributed by atoms with van der Waals surface area (Å²) in [4.78, 5) is 13.1. The number of benzene rings is 1. The summed E-state index contributed by atoms with van der Waals surface area (Å²) in [7, 11) is 1.99. The smallest absolute Gasteiger partial charge is 0.227 e. The third-order valence-corrected chi connectivity index (χ3v) is 5.86. The van der Waals surface area contributed by atoms with Crippen LogP contribution in [-0.4, -0.2) is 15.7 Å². The van der Waals surface area contributed by atoms with E-state index < -0.39 is 0 Å². The van der Waals surface area contributed by atoms with Crippen molar-refractivity contribution in [3.8, 4) is 0 Å². The zero-order chi connectivity index (χ0) is 16.6. The maximum atomic E-state index is 13.1. The van der Waals surface area contributed by atoms with Crippen LogP contribution in [0.15, 0.2) is 36.5 Å². The van der Waals surface area contributed by atoms with Gasteiger partial charge < -0.3 is 5.32 Å². The van der Waals surface area contributed by atoms with Gasteiger partial charge in [-0.1, -0.05) is 36.8 Å². The second kappa shape index (κ2) is 6.08. The first-order valence-electron chi connectivity index (χ1n) is 9.04. The average molecular weight is 323 g/mol. The molecule has 1 saturated carbocycles. The second-order valence-corrected chi connectivity index (χ2v) is 7.38. The number of nitrogens with one attached hydrogen (secondary N) is 1. The molecule has 0 aliphatic heterocycles. The number of carbonyl (C=O) groups excluding carboxylic acids is 1.